The van der Waals surface area contributed by atoms with E-state index in [1.165, 1.54) is 13.8 Å². The number of terminal acetylenes is 1. The third kappa shape index (κ3) is 3.39. The van der Waals surface area contributed by atoms with Crippen molar-refractivity contribution in [2.24, 2.45) is 0 Å². The van der Waals surface area contributed by atoms with Crippen LogP contribution in [0.25, 0.3) is 0 Å². The van der Waals surface area contributed by atoms with Gasteiger partial charge in [0.1, 0.15) is 11.9 Å². The number of rotatable bonds is 4. The van der Waals surface area contributed by atoms with Gasteiger partial charge in [0, 0.05) is 5.57 Å². The monoisotopic (exact) mass is 301 g/mol. The molecule has 1 rings (SSSR count). The zero-order valence-corrected chi connectivity index (χ0v) is 11.9. The Morgan fingerprint density at radius 1 is 1.48 bits per heavy atom. The minimum atomic E-state index is -4.66. The first kappa shape index (κ1) is 17.1. The Morgan fingerprint density at radius 3 is 2.43 bits per heavy atom. The highest BCUT2D eigenvalue weighted by Gasteiger charge is 2.47. The Morgan fingerprint density at radius 2 is 2.05 bits per heavy atom. The van der Waals surface area contributed by atoms with Gasteiger partial charge in [-0.25, -0.2) is 0 Å². The van der Waals surface area contributed by atoms with Crippen molar-refractivity contribution in [1.29, 1.82) is 0 Å². The molecule has 0 aromatic rings. The molecule has 21 heavy (non-hydrogen) atoms. The standard InChI is InChI=1S/C14H17F3N2O2/c1-5-13(3,4)19-10(14(15,16)17)8-7-9(12(20)21)11(19)18-6-2/h1,7-8,11,18H,6H2,2-4H3,(H,20,21)/p-1. The molecule has 1 heterocycles. The highest BCUT2D eigenvalue weighted by Crippen LogP contribution is 2.38. The van der Waals surface area contributed by atoms with Gasteiger partial charge in [-0.3, -0.25) is 5.32 Å². The first-order chi connectivity index (χ1) is 9.56. The molecule has 1 atom stereocenters. The number of aliphatic carboxylic acids is 1. The molecular weight excluding hydrogens is 285 g/mol. The lowest BCUT2D eigenvalue weighted by Gasteiger charge is -2.47. The van der Waals surface area contributed by atoms with Crippen LogP contribution < -0.4 is 10.4 Å². The third-order valence-corrected chi connectivity index (χ3v) is 3.11. The number of alkyl halides is 3. The zero-order valence-electron chi connectivity index (χ0n) is 11.9. The van der Waals surface area contributed by atoms with Crippen LogP contribution in [0, 0.1) is 12.3 Å². The number of carbonyl (C=O) groups excluding carboxylic acids is 1. The second kappa shape index (κ2) is 5.82. The van der Waals surface area contributed by atoms with Gasteiger partial charge in [-0.05, 0) is 26.5 Å². The summed E-state index contributed by atoms with van der Waals surface area (Å²) in [4.78, 5) is 12.0. The lowest BCUT2D eigenvalue weighted by molar-refractivity contribution is -0.300. The van der Waals surface area contributed by atoms with Crippen LogP contribution in [0.4, 0.5) is 13.2 Å². The van der Waals surface area contributed by atoms with E-state index in [1.807, 2.05) is 0 Å². The van der Waals surface area contributed by atoms with Gasteiger partial charge in [0.2, 0.25) is 0 Å². The van der Waals surface area contributed by atoms with Gasteiger partial charge < -0.3 is 14.8 Å². The Bertz CT molecular complexity index is 527. The minimum Gasteiger partial charge on any atom is -0.545 e. The van der Waals surface area contributed by atoms with Crippen molar-refractivity contribution in [2.75, 3.05) is 6.54 Å². The Kier molecular flexibility index (Phi) is 4.74. The fourth-order valence-electron chi connectivity index (χ4n) is 2.12. The topological polar surface area (TPSA) is 55.4 Å². The lowest BCUT2D eigenvalue weighted by atomic mass is 9.96. The van der Waals surface area contributed by atoms with E-state index in [0.29, 0.717) is 6.08 Å². The zero-order chi connectivity index (χ0) is 16.4. The van der Waals surface area contributed by atoms with Crippen LogP contribution >= 0.6 is 0 Å². The van der Waals surface area contributed by atoms with E-state index < -0.39 is 29.5 Å². The summed E-state index contributed by atoms with van der Waals surface area (Å²) in [5.41, 5.74) is -2.64. The minimum absolute atomic E-state index is 0.261. The van der Waals surface area contributed by atoms with E-state index in [-0.39, 0.29) is 12.1 Å². The largest absolute Gasteiger partial charge is 0.545 e. The molecule has 0 radical (unpaired) electrons. The number of carboxylic acid groups (broad SMARTS) is 1. The van der Waals surface area contributed by atoms with E-state index in [2.05, 4.69) is 11.2 Å². The number of nitrogens with zero attached hydrogens (tertiary/aromatic N) is 1. The molecule has 1 aliphatic rings. The quantitative estimate of drug-likeness (QED) is 0.779. The van der Waals surface area contributed by atoms with Crippen LogP contribution in [-0.4, -0.2) is 35.3 Å². The number of likely N-dealkylation sites (N-methyl/N-ethyl adjacent to an activating group) is 1. The van der Waals surface area contributed by atoms with Crippen molar-refractivity contribution in [3.63, 3.8) is 0 Å². The van der Waals surface area contributed by atoms with Crippen molar-refractivity contribution in [3.8, 4) is 12.3 Å². The lowest BCUT2D eigenvalue weighted by Crippen LogP contribution is -2.60. The number of hydrogen-bond donors (Lipinski definition) is 1. The Hall–Kier alpha value is -1.94. The van der Waals surface area contributed by atoms with E-state index in [0.717, 1.165) is 11.0 Å². The highest BCUT2D eigenvalue weighted by atomic mass is 19.4. The summed E-state index contributed by atoms with van der Waals surface area (Å²) in [6.07, 6.45) is 1.06. The molecule has 4 nitrogen and oxygen atoms in total. The predicted molar refractivity (Wildman–Crippen MR) is 69.4 cm³/mol. The molecule has 0 aromatic carbocycles. The van der Waals surface area contributed by atoms with Gasteiger partial charge in [0.15, 0.2) is 0 Å². The first-order valence-electron chi connectivity index (χ1n) is 6.27. The maximum atomic E-state index is 13.2. The van der Waals surface area contributed by atoms with Gasteiger partial charge in [-0.2, -0.15) is 13.2 Å². The van der Waals surface area contributed by atoms with Crippen LogP contribution in [0.5, 0.6) is 0 Å². The van der Waals surface area contributed by atoms with Gasteiger partial charge >= 0.3 is 6.18 Å². The Balaban J connectivity index is 3.49. The molecule has 0 aromatic heterocycles. The van der Waals surface area contributed by atoms with E-state index >= 15 is 0 Å². The maximum Gasteiger partial charge on any atom is 0.431 e. The van der Waals surface area contributed by atoms with Gasteiger partial charge in [0.05, 0.1) is 11.5 Å². The van der Waals surface area contributed by atoms with Crippen LogP contribution in [0.1, 0.15) is 20.8 Å². The molecule has 1 unspecified atom stereocenters. The summed E-state index contributed by atoms with van der Waals surface area (Å²) in [5, 5.41) is 13.9. The number of hydrogen-bond acceptors (Lipinski definition) is 4. The molecule has 7 heteroatoms. The van der Waals surface area contributed by atoms with Crippen LogP contribution in [-0.2, 0) is 4.79 Å². The van der Waals surface area contributed by atoms with E-state index in [9.17, 15) is 23.1 Å². The molecule has 0 saturated carbocycles. The number of halogens is 3. The van der Waals surface area contributed by atoms with Gasteiger partial charge in [-0.1, -0.05) is 18.9 Å². The normalized spacial score (nSPS) is 19.7. The number of nitrogens with one attached hydrogen (secondary N) is 1. The average molecular weight is 301 g/mol. The average Bonchev–Trinajstić information content (AvgIpc) is 2.36. The number of carboxylic acids is 1. The van der Waals surface area contributed by atoms with Gasteiger partial charge in [-0.15, -0.1) is 6.42 Å². The smallest absolute Gasteiger partial charge is 0.431 e. The summed E-state index contributed by atoms with van der Waals surface area (Å²) < 4.78 is 39.6. The van der Waals surface area contributed by atoms with Crippen LogP contribution in [0.15, 0.2) is 23.4 Å². The molecule has 116 valence electrons. The first-order valence-corrected chi connectivity index (χ1v) is 6.27. The summed E-state index contributed by atoms with van der Waals surface area (Å²) in [7, 11) is 0. The number of allylic oxidation sites excluding steroid dienone is 3. The molecule has 0 fully saturated rings. The van der Waals surface area contributed by atoms with Crippen molar-refractivity contribution in [1.82, 2.24) is 10.2 Å². The Labute approximate surface area is 121 Å². The molecule has 0 bridgehead atoms. The van der Waals surface area contributed by atoms with Crippen LogP contribution in [0.2, 0.25) is 0 Å². The fourth-order valence-corrected chi connectivity index (χ4v) is 2.12. The molecule has 1 N–H and O–H groups in total. The summed E-state index contributed by atoms with van der Waals surface area (Å²) >= 11 is 0. The molecule has 0 saturated heterocycles. The van der Waals surface area contributed by atoms with Crippen molar-refractivity contribution in [3.05, 3.63) is 23.4 Å². The molecule has 0 spiro atoms. The molecular formula is C14H16F3N2O2-. The molecule has 0 aliphatic carbocycles. The summed E-state index contributed by atoms with van der Waals surface area (Å²) in [5.74, 6) is 0.720. The summed E-state index contributed by atoms with van der Waals surface area (Å²) in [6.45, 7) is 4.74. The second-order valence-electron chi connectivity index (χ2n) is 4.99. The number of carbonyl (C=O) groups is 1. The molecule has 1 aliphatic heterocycles. The van der Waals surface area contributed by atoms with Crippen LogP contribution in [0.3, 0.4) is 0 Å². The van der Waals surface area contributed by atoms with E-state index in [4.69, 9.17) is 6.42 Å². The SMILES string of the molecule is C#CC(C)(C)N1C(C(F)(F)F)=CC=C(C(=O)[O-])C1NCC. The van der Waals surface area contributed by atoms with E-state index in [1.54, 1.807) is 6.92 Å². The van der Waals surface area contributed by atoms with Crippen molar-refractivity contribution < 1.29 is 23.1 Å². The maximum absolute atomic E-state index is 13.2. The molecule has 0 amide bonds. The third-order valence-electron chi connectivity index (χ3n) is 3.11. The predicted octanol–water partition coefficient (Wildman–Crippen LogP) is 0.772. The van der Waals surface area contributed by atoms with Crippen molar-refractivity contribution >= 4 is 5.97 Å². The highest BCUT2D eigenvalue weighted by molar-refractivity contribution is 5.87. The summed E-state index contributed by atoms with van der Waals surface area (Å²) in [6, 6.07) is 0. The van der Waals surface area contributed by atoms with Crippen molar-refractivity contribution in [2.45, 2.75) is 38.7 Å². The van der Waals surface area contributed by atoms with Gasteiger partial charge in [0.25, 0.3) is 0 Å². The fraction of sp³-hybridized carbons (Fsp3) is 0.500. The second-order valence-corrected chi connectivity index (χ2v) is 4.99.